The number of amides is 1. The zero-order valence-electron chi connectivity index (χ0n) is 13.0. The molecule has 2 aliphatic rings. The van der Waals surface area contributed by atoms with Crippen molar-refractivity contribution >= 4 is 15.7 Å². The summed E-state index contributed by atoms with van der Waals surface area (Å²) in [7, 11) is -1.48. The minimum absolute atomic E-state index is 0.0628. The van der Waals surface area contributed by atoms with Crippen LogP contribution in [0.3, 0.4) is 0 Å². The Morgan fingerprint density at radius 2 is 2.10 bits per heavy atom. The van der Waals surface area contributed by atoms with Gasteiger partial charge in [0.1, 0.15) is 6.04 Å². The van der Waals surface area contributed by atoms with Crippen LogP contribution in [0.4, 0.5) is 0 Å². The Balaban J connectivity index is 2.02. The predicted molar refractivity (Wildman–Crippen MR) is 82.9 cm³/mol. The van der Waals surface area contributed by atoms with Gasteiger partial charge >= 0.3 is 0 Å². The SMILES string of the molecule is CCN1CCCC(CN2CCS(=O)(=O)CC(NC)C2=O)C1. The molecule has 2 saturated heterocycles. The van der Waals surface area contributed by atoms with Gasteiger partial charge < -0.3 is 15.1 Å². The average molecular weight is 317 g/mol. The molecule has 2 aliphatic heterocycles. The topological polar surface area (TPSA) is 69.7 Å². The molecule has 2 unspecified atom stereocenters. The fourth-order valence-corrected chi connectivity index (χ4v) is 4.76. The standard InChI is InChI=1S/C14H27N3O3S/c1-3-16-6-4-5-12(9-16)10-17-7-8-21(19,20)11-13(15-2)14(17)18/h12-13,15H,3-11H2,1-2H3. The summed E-state index contributed by atoms with van der Waals surface area (Å²) < 4.78 is 23.8. The minimum atomic E-state index is -3.14. The number of rotatable bonds is 4. The maximum absolute atomic E-state index is 12.5. The number of sulfone groups is 1. The molecule has 1 amide bonds. The first-order valence-electron chi connectivity index (χ1n) is 7.84. The van der Waals surface area contributed by atoms with Crippen molar-refractivity contribution < 1.29 is 13.2 Å². The summed E-state index contributed by atoms with van der Waals surface area (Å²) in [5.74, 6) is 0.402. The molecule has 0 bridgehead atoms. The molecule has 0 saturated carbocycles. The second-order valence-corrected chi connectivity index (χ2v) is 8.37. The van der Waals surface area contributed by atoms with Gasteiger partial charge in [-0.25, -0.2) is 8.42 Å². The minimum Gasteiger partial charge on any atom is -0.340 e. The lowest BCUT2D eigenvalue weighted by Crippen LogP contribution is -2.49. The number of carbonyl (C=O) groups excluding carboxylic acids is 1. The summed E-state index contributed by atoms with van der Waals surface area (Å²) in [6.45, 7) is 6.36. The van der Waals surface area contributed by atoms with Crippen molar-refractivity contribution in [2.45, 2.75) is 25.8 Å². The molecule has 122 valence electrons. The number of carbonyl (C=O) groups is 1. The third kappa shape index (κ3) is 4.40. The molecule has 0 aromatic heterocycles. The van der Waals surface area contributed by atoms with Crippen molar-refractivity contribution in [1.82, 2.24) is 15.1 Å². The van der Waals surface area contributed by atoms with Crippen molar-refractivity contribution in [3.05, 3.63) is 0 Å². The number of hydrogen-bond donors (Lipinski definition) is 1. The molecule has 2 heterocycles. The Morgan fingerprint density at radius 1 is 1.33 bits per heavy atom. The van der Waals surface area contributed by atoms with Gasteiger partial charge in [0.2, 0.25) is 5.91 Å². The van der Waals surface area contributed by atoms with Crippen molar-refractivity contribution in [2.75, 3.05) is 51.3 Å². The Kier molecular flexibility index (Phi) is 5.62. The van der Waals surface area contributed by atoms with Crippen LogP contribution in [0.1, 0.15) is 19.8 Å². The molecular weight excluding hydrogens is 290 g/mol. The fourth-order valence-electron chi connectivity index (χ4n) is 3.28. The van der Waals surface area contributed by atoms with E-state index in [-0.39, 0.29) is 17.4 Å². The van der Waals surface area contributed by atoms with Crippen molar-refractivity contribution in [3.63, 3.8) is 0 Å². The first-order chi connectivity index (χ1) is 9.95. The van der Waals surface area contributed by atoms with Crippen LogP contribution in [0.15, 0.2) is 0 Å². The van der Waals surface area contributed by atoms with E-state index in [2.05, 4.69) is 17.1 Å². The van der Waals surface area contributed by atoms with E-state index in [1.54, 1.807) is 11.9 Å². The summed E-state index contributed by atoms with van der Waals surface area (Å²) in [5.41, 5.74) is 0. The molecule has 2 atom stereocenters. The third-order valence-corrected chi connectivity index (χ3v) is 6.23. The Labute approximate surface area is 127 Å². The highest BCUT2D eigenvalue weighted by Gasteiger charge is 2.34. The Bertz CT molecular complexity index is 466. The molecule has 0 aliphatic carbocycles. The molecule has 2 fully saturated rings. The molecule has 0 radical (unpaired) electrons. The Hall–Kier alpha value is -0.660. The number of nitrogens with one attached hydrogen (secondary N) is 1. The average Bonchev–Trinajstić information content (AvgIpc) is 2.58. The van der Waals surface area contributed by atoms with Gasteiger partial charge in [-0.05, 0) is 38.9 Å². The highest BCUT2D eigenvalue weighted by atomic mass is 32.2. The van der Waals surface area contributed by atoms with Gasteiger partial charge in [-0.3, -0.25) is 4.79 Å². The fraction of sp³-hybridized carbons (Fsp3) is 0.929. The highest BCUT2D eigenvalue weighted by Crippen LogP contribution is 2.19. The van der Waals surface area contributed by atoms with Gasteiger partial charge in [-0.2, -0.15) is 0 Å². The molecular formula is C14H27N3O3S. The zero-order valence-corrected chi connectivity index (χ0v) is 13.9. The number of nitrogens with zero attached hydrogens (tertiary/aromatic N) is 2. The predicted octanol–water partition coefficient (Wildman–Crippen LogP) is -0.437. The van der Waals surface area contributed by atoms with Gasteiger partial charge in [0.05, 0.1) is 11.5 Å². The van der Waals surface area contributed by atoms with E-state index in [1.807, 2.05) is 0 Å². The van der Waals surface area contributed by atoms with E-state index in [0.717, 1.165) is 32.5 Å². The van der Waals surface area contributed by atoms with E-state index in [1.165, 1.54) is 0 Å². The molecule has 0 aromatic carbocycles. The molecule has 6 nitrogen and oxygen atoms in total. The second kappa shape index (κ2) is 7.07. The summed E-state index contributed by atoms with van der Waals surface area (Å²) in [4.78, 5) is 16.6. The Morgan fingerprint density at radius 3 is 2.76 bits per heavy atom. The molecule has 2 rings (SSSR count). The lowest BCUT2D eigenvalue weighted by molar-refractivity contribution is -0.133. The number of likely N-dealkylation sites (N-methyl/N-ethyl adjacent to an activating group) is 1. The summed E-state index contributed by atoms with van der Waals surface area (Å²) in [6, 6.07) is -0.594. The zero-order chi connectivity index (χ0) is 15.5. The lowest BCUT2D eigenvalue weighted by atomic mass is 9.97. The van der Waals surface area contributed by atoms with Crippen molar-refractivity contribution in [1.29, 1.82) is 0 Å². The number of piperidine rings is 1. The van der Waals surface area contributed by atoms with Crippen LogP contribution >= 0.6 is 0 Å². The lowest BCUT2D eigenvalue weighted by Gasteiger charge is -2.35. The van der Waals surface area contributed by atoms with Crippen LogP contribution in [0.25, 0.3) is 0 Å². The van der Waals surface area contributed by atoms with Crippen LogP contribution in [-0.4, -0.2) is 81.4 Å². The van der Waals surface area contributed by atoms with Crippen LogP contribution in [0.5, 0.6) is 0 Å². The summed E-state index contributed by atoms with van der Waals surface area (Å²) >= 11 is 0. The highest BCUT2D eigenvalue weighted by molar-refractivity contribution is 7.91. The first kappa shape index (κ1) is 16.7. The summed E-state index contributed by atoms with van der Waals surface area (Å²) in [6.07, 6.45) is 2.28. The number of hydrogen-bond acceptors (Lipinski definition) is 5. The van der Waals surface area contributed by atoms with Gasteiger partial charge in [0.25, 0.3) is 0 Å². The van der Waals surface area contributed by atoms with Gasteiger partial charge in [-0.1, -0.05) is 6.92 Å². The van der Waals surface area contributed by atoms with Crippen LogP contribution < -0.4 is 5.32 Å². The van der Waals surface area contributed by atoms with Crippen molar-refractivity contribution in [2.24, 2.45) is 5.92 Å². The third-order valence-electron chi connectivity index (χ3n) is 4.58. The molecule has 0 aromatic rings. The molecule has 7 heteroatoms. The van der Waals surface area contributed by atoms with E-state index < -0.39 is 15.9 Å². The largest absolute Gasteiger partial charge is 0.340 e. The van der Waals surface area contributed by atoms with Gasteiger partial charge in [0, 0.05) is 19.6 Å². The van der Waals surface area contributed by atoms with E-state index in [9.17, 15) is 13.2 Å². The first-order valence-corrected chi connectivity index (χ1v) is 9.66. The molecule has 21 heavy (non-hydrogen) atoms. The normalized spacial score (nSPS) is 31.1. The molecule has 0 spiro atoms. The van der Waals surface area contributed by atoms with Crippen molar-refractivity contribution in [3.8, 4) is 0 Å². The maximum Gasteiger partial charge on any atom is 0.240 e. The second-order valence-electron chi connectivity index (χ2n) is 6.14. The monoisotopic (exact) mass is 317 g/mol. The maximum atomic E-state index is 12.5. The van der Waals surface area contributed by atoms with Gasteiger partial charge in [-0.15, -0.1) is 0 Å². The van der Waals surface area contributed by atoms with E-state index in [0.29, 0.717) is 19.0 Å². The number of likely N-dealkylation sites (tertiary alicyclic amines) is 1. The molecule has 1 N–H and O–H groups in total. The quantitative estimate of drug-likeness (QED) is 0.761. The van der Waals surface area contributed by atoms with Crippen LogP contribution in [-0.2, 0) is 14.6 Å². The van der Waals surface area contributed by atoms with E-state index >= 15 is 0 Å². The van der Waals surface area contributed by atoms with Crippen LogP contribution in [0, 0.1) is 5.92 Å². The smallest absolute Gasteiger partial charge is 0.240 e. The van der Waals surface area contributed by atoms with Crippen LogP contribution in [0.2, 0.25) is 0 Å². The summed E-state index contributed by atoms with van der Waals surface area (Å²) in [5, 5.41) is 2.86. The van der Waals surface area contributed by atoms with Gasteiger partial charge in [0.15, 0.2) is 9.84 Å². The van der Waals surface area contributed by atoms with E-state index in [4.69, 9.17) is 0 Å².